The average molecular weight is 357 g/mol. The molecule has 0 fully saturated rings. The van der Waals surface area contributed by atoms with Gasteiger partial charge in [0.1, 0.15) is 11.6 Å². The number of alkyl halides is 2. The molecule has 0 aliphatic rings. The number of hydrogen-bond acceptors (Lipinski definition) is 2. The van der Waals surface area contributed by atoms with Crippen LogP contribution in [0.1, 0.15) is 12.0 Å². The van der Waals surface area contributed by atoms with Crippen molar-refractivity contribution in [1.29, 1.82) is 0 Å². The van der Waals surface area contributed by atoms with Crippen molar-refractivity contribution in [3.05, 3.63) is 78.0 Å². The molecule has 0 saturated carbocycles. The molecule has 0 unspecified atom stereocenters. The molecule has 26 heavy (non-hydrogen) atoms. The molecular weight excluding hydrogens is 346 g/mol. The lowest BCUT2D eigenvalue weighted by molar-refractivity contribution is 0.153. The summed E-state index contributed by atoms with van der Waals surface area (Å²) in [5, 5.41) is 4.33. The molecule has 0 saturated heterocycles. The van der Waals surface area contributed by atoms with Gasteiger partial charge in [-0.2, -0.15) is 5.10 Å². The molecule has 0 bridgehead atoms. The highest BCUT2D eigenvalue weighted by molar-refractivity contribution is 5.83. The third-order valence-electron chi connectivity index (χ3n) is 4.02. The Morgan fingerprint density at radius 3 is 2.08 bits per heavy atom. The second-order valence-electron chi connectivity index (χ2n) is 5.67. The molecule has 7 heteroatoms. The fourth-order valence-corrected chi connectivity index (χ4v) is 2.74. The van der Waals surface area contributed by atoms with Crippen molar-refractivity contribution in [1.82, 2.24) is 14.8 Å². The van der Waals surface area contributed by atoms with Crippen molar-refractivity contribution in [2.45, 2.75) is 6.43 Å². The van der Waals surface area contributed by atoms with Crippen LogP contribution in [-0.2, 0) is 0 Å². The predicted octanol–water partition coefficient (Wildman–Crippen LogP) is 5.30. The SMILES string of the molecule is Fc1ccc(-c2cc(C(F)F)c3cnn(-c4ccc(F)cc4)c3n2)cc1. The van der Waals surface area contributed by atoms with Crippen molar-refractivity contribution >= 4 is 11.0 Å². The number of hydrogen-bond donors (Lipinski definition) is 0. The Balaban J connectivity index is 1.96. The highest BCUT2D eigenvalue weighted by atomic mass is 19.3. The zero-order valence-corrected chi connectivity index (χ0v) is 13.2. The zero-order chi connectivity index (χ0) is 18.3. The summed E-state index contributed by atoms with van der Waals surface area (Å²) >= 11 is 0. The maximum absolute atomic E-state index is 13.5. The molecule has 3 nitrogen and oxygen atoms in total. The summed E-state index contributed by atoms with van der Waals surface area (Å²) in [4.78, 5) is 4.43. The van der Waals surface area contributed by atoms with Gasteiger partial charge in [-0.15, -0.1) is 0 Å². The monoisotopic (exact) mass is 357 g/mol. The van der Waals surface area contributed by atoms with E-state index in [-0.39, 0.29) is 22.3 Å². The van der Waals surface area contributed by atoms with Crippen LogP contribution in [0.5, 0.6) is 0 Å². The normalized spacial score (nSPS) is 11.4. The molecule has 4 rings (SSSR count). The molecule has 0 radical (unpaired) electrons. The molecule has 2 aromatic carbocycles. The van der Waals surface area contributed by atoms with E-state index in [9.17, 15) is 17.6 Å². The van der Waals surface area contributed by atoms with E-state index in [4.69, 9.17) is 0 Å². The fraction of sp³-hybridized carbons (Fsp3) is 0.0526. The first kappa shape index (κ1) is 16.3. The molecule has 0 amide bonds. The van der Waals surface area contributed by atoms with Gasteiger partial charge in [0.25, 0.3) is 6.43 Å². The molecule has 0 N–H and O–H groups in total. The van der Waals surface area contributed by atoms with Crippen LogP contribution in [0.15, 0.2) is 60.8 Å². The molecule has 0 spiro atoms. The molecule has 0 aliphatic heterocycles. The minimum atomic E-state index is -2.73. The Bertz CT molecular complexity index is 1070. The van der Waals surface area contributed by atoms with Crippen LogP contribution < -0.4 is 0 Å². The third-order valence-corrected chi connectivity index (χ3v) is 4.02. The van der Waals surface area contributed by atoms with Crippen LogP contribution in [0, 0.1) is 11.6 Å². The van der Waals surface area contributed by atoms with Gasteiger partial charge in [-0.05, 0) is 54.6 Å². The zero-order valence-electron chi connectivity index (χ0n) is 13.2. The highest BCUT2D eigenvalue weighted by Crippen LogP contribution is 2.32. The number of rotatable bonds is 3. The van der Waals surface area contributed by atoms with Crippen molar-refractivity contribution < 1.29 is 17.6 Å². The average Bonchev–Trinajstić information content (AvgIpc) is 3.06. The summed E-state index contributed by atoms with van der Waals surface area (Å²) in [6.45, 7) is 0. The number of nitrogens with zero attached hydrogens (tertiary/aromatic N) is 3. The topological polar surface area (TPSA) is 30.7 Å². The van der Waals surface area contributed by atoms with Crippen molar-refractivity contribution in [3.63, 3.8) is 0 Å². The summed E-state index contributed by atoms with van der Waals surface area (Å²) in [5.74, 6) is -0.848. The predicted molar refractivity (Wildman–Crippen MR) is 89.2 cm³/mol. The lowest BCUT2D eigenvalue weighted by Crippen LogP contribution is -2.00. The quantitative estimate of drug-likeness (QED) is 0.466. The minimum Gasteiger partial charge on any atom is -0.228 e. The van der Waals surface area contributed by atoms with Gasteiger partial charge in [0.2, 0.25) is 0 Å². The van der Waals surface area contributed by atoms with E-state index in [1.165, 1.54) is 65.5 Å². The molecule has 130 valence electrons. The van der Waals surface area contributed by atoms with E-state index in [1.807, 2.05) is 0 Å². The second kappa shape index (κ2) is 6.25. The summed E-state index contributed by atoms with van der Waals surface area (Å²) in [5.41, 5.74) is 1.26. The second-order valence-corrected chi connectivity index (χ2v) is 5.67. The van der Waals surface area contributed by atoms with Gasteiger partial charge in [0.15, 0.2) is 5.65 Å². The van der Waals surface area contributed by atoms with E-state index in [0.29, 0.717) is 11.3 Å². The van der Waals surface area contributed by atoms with Crippen LogP contribution in [-0.4, -0.2) is 14.8 Å². The van der Waals surface area contributed by atoms with Crippen molar-refractivity contribution in [3.8, 4) is 16.9 Å². The van der Waals surface area contributed by atoms with Gasteiger partial charge < -0.3 is 0 Å². The van der Waals surface area contributed by atoms with Gasteiger partial charge >= 0.3 is 0 Å². The molecule has 4 aromatic rings. The Hall–Kier alpha value is -3.22. The first-order chi connectivity index (χ1) is 12.5. The summed E-state index contributed by atoms with van der Waals surface area (Å²) in [6.07, 6.45) is -1.42. The number of benzene rings is 2. The van der Waals surface area contributed by atoms with Crippen LogP contribution in [0.3, 0.4) is 0 Å². The minimum absolute atomic E-state index is 0.204. The molecule has 2 heterocycles. The number of aromatic nitrogens is 3. The lowest BCUT2D eigenvalue weighted by atomic mass is 10.1. The first-order valence-electron chi connectivity index (χ1n) is 7.71. The van der Waals surface area contributed by atoms with E-state index in [2.05, 4.69) is 10.1 Å². The maximum Gasteiger partial charge on any atom is 0.264 e. The largest absolute Gasteiger partial charge is 0.264 e. The Morgan fingerprint density at radius 1 is 0.846 bits per heavy atom. The van der Waals surface area contributed by atoms with Crippen molar-refractivity contribution in [2.24, 2.45) is 0 Å². The van der Waals surface area contributed by atoms with E-state index >= 15 is 0 Å². The number of pyridine rings is 1. The van der Waals surface area contributed by atoms with Crippen LogP contribution in [0.25, 0.3) is 28.0 Å². The van der Waals surface area contributed by atoms with Crippen LogP contribution in [0.4, 0.5) is 17.6 Å². The Labute approximate surface area is 145 Å². The standard InChI is InChI=1S/C19H11F4N3/c20-12-3-1-11(2-4-12)17-9-15(18(22)23)16-10-24-26(19(16)25-17)14-7-5-13(21)6-8-14/h1-10,18H. The number of halogens is 4. The smallest absolute Gasteiger partial charge is 0.228 e. The van der Waals surface area contributed by atoms with Crippen molar-refractivity contribution in [2.75, 3.05) is 0 Å². The van der Waals surface area contributed by atoms with Crippen LogP contribution >= 0.6 is 0 Å². The summed E-state index contributed by atoms with van der Waals surface area (Å²) in [6, 6.07) is 12.2. The fourth-order valence-electron chi connectivity index (χ4n) is 2.74. The first-order valence-corrected chi connectivity index (χ1v) is 7.71. The Morgan fingerprint density at radius 2 is 1.46 bits per heavy atom. The molecule has 0 aliphatic carbocycles. The number of fused-ring (bicyclic) bond motifs is 1. The van der Waals surface area contributed by atoms with Crippen LogP contribution in [0.2, 0.25) is 0 Å². The highest BCUT2D eigenvalue weighted by Gasteiger charge is 2.19. The van der Waals surface area contributed by atoms with Gasteiger partial charge in [-0.25, -0.2) is 27.2 Å². The van der Waals surface area contributed by atoms with E-state index in [1.54, 1.807) is 0 Å². The maximum atomic E-state index is 13.5. The third kappa shape index (κ3) is 2.81. The van der Waals surface area contributed by atoms with Gasteiger partial charge in [0, 0.05) is 16.5 Å². The Kier molecular flexibility index (Phi) is 3.91. The summed E-state index contributed by atoms with van der Waals surface area (Å²) in [7, 11) is 0. The van der Waals surface area contributed by atoms with Gasteiger partial charge in [-0.3, -0.25) is 0 Å². The van der Waals surface area contributed by atoms with E-state index in [0.717, 1.165) is 0 Å². The molecule has 0 atom stereocenters. The van der Waals surface area contributed by atoms with E-state index < -0.39 is 18.1 Å². The summed E-state index contributed by atoms with van der Waals surface area (Å²) < 4.78 is 54.8. The lowest BCUT2D eigenvalue weighted by Gasteiger charge is -2.09. The van der Waals surface area contributed by atoms with Gasteiger partial charge in [0.05, 0.1) is 17.6 Å². The molecule has 2 aromatic heterocycles. The van der Waals surface area contributed by atoms with Gasteiger partial charge in [-0.1, -0.05) is 0 Å². The molecular formula is C19H11F4N3.